The maximum Gasteiger partial charge on any atom is 0.234 e. The van der Waals surface area contributed by atoms with E-state index >= 15 is 0 Å². The van der Waals surface area contributed by atoms with Crippen LogP contribution in [0.25, 0.3) is 21.3 Å². The number of amides is 1. The van der Waals surface area contributed by atoms with Crippen molar-refractivity contribution in [3.63, 3.8) is 0 Å². The van der Waals surface area contributed by atoms with E-state index in [1.807, 2.05) is 49.4 Å². The number of fused-ring (bicyclic) bond motifs is 1. The molecule has 29 heavy (non-hydrogen) atoms. The van der Waals surface area contributed by atoms with Gasteiger partial charge in [-0.25, -0.2) is 9.97 Å². The predicted octanol–water partition coefficient (Wildman–Crippen LogP) is 5.49. The molecular formula is C22H19N3O2S2. The number of thioether (sulfide) groups is 1. The SMILES string of the molecule is CCOc1ccc(NC(=O)CSc2ncnc3scc(-c4ccccc4)c23)cc1. The number of thiophene rings is 1. The standard InChI is InChI=1S/C22H19N3O2S2/c1-2-27-17-10-8-16(9-11-17)25-19(26)13-29-22-20-18(15-6-4-3-5-7-15)12-28-21(20)23-14-24-22/h3-12,14H,2,13H2,1H3,(H,25,26). The lowest BCUT2D eigenvalue weighted by atomic mass is 10.1. The summed E-state index contributed by atoms with van der Waals surface area (Å²) < 4.78 is 5.42. The lowest BCUT2D eigenvalue weighted by Crippen LogP contribution is -2.14. The van der Waals surface area contributed by atoms with Gasteiger partial charge in [0.25, 0.3) is 0 Å². The van der Waals surface area contributed by atoms with Crippen molar-refractivity contribution in [3.05, 3.63) is 66.3 Å². The number of rotatable bonds is 7. The highest BCUT2D eigenvalue weighted by Crippen LogP contribution is 2.37. The van der Waals surface area contributed by atoms with Crippen molar-refractivity contribution in [2.24, 2.45) is 0 Å². The van der Waals surface area contributed by atoms with Gasteiger partial charge in [0.15, 0.2) is 0 Å². The molecule has 4 rings (SSSR count). The predicted molar refractivity (Wildman–Crippen MR) is 120 cm³/mol. The van der Waals surface area contributed by atoms with Crippen LogP contribution in [0, 0.1) is 0 Å². The number of ether oxygens (including phenoxy) is 1. The van der Waals surface area contributed by atoms with Crippen LogP contribution in [-0.4, -0.2) is 28.2 Å². The molecule has 1 amide bonds. The molecule has 4 aromatic rings. The average molecular weight is 422 g/mol. The number of hydrogen-bond acceptors (Lipinski definition) is 6. The van der Waals surface area contributed by atoms with Crippen molar-refractivity contribution in [3.8, 4) is 16.9 Å². The Kier molecular flexibility index (Phi) is 6.07. The molecule has 7 heteroatoms. The van der Waals surface area contributed by atoms with Crippen LogP contribution in [0.15, 0.2) is 71.3 Å². The van der Waals surface area contributed by atoms with Gasteiger partial charge in [-0.05, 0) is 36.8 Å². The third kappa shape index (κ3) is 4.58. The second kappa shape index (κ2) is 9.07. The van der Waals surface area contributed by atoms with Gasteiger partial charge in [0.1, 0.15) is 21.9 Å². The topological polar surface area (TPSA) is 64.1 Å². The van der Waals surface area contributed by atoms with Gasteiger partial charge in [-0.1, -0.05) is 42.1 Å². The van der Waals surface area contributed by atoms with Gasteiger partial charge in [-0.15, -0.1) is 11.3 Å². The van der Waals surface area contributed by atoms with Crippen molar-refractivity contribution in [1.29, 1.82) is 0 Å². The van der Waals surface area contributed by atoms with Crippen LogP contribution >= 0.6 is 23.1 Å². The number of carbonyl (C=O) groups is 1. The van der Waals surface area contributed by atoms with E-state index in [1.165, 1.54) is 11.8 Å². The fourth-order valence-corrected chi connectivity index (χ4v) is 4.71. The quantitative estimate of drug-likeness (QED) is 0.316. The second-order valence-electron chi connectivity index (χ2n) is 6.17. The molecule has 0 aliphatic heterocycles. The summed E-state index contributed by atoms with van der Waals surface area (Å²) in [7, 11) is 0. The van der Waals surface area contributed by atoms with Gasteiger partial charge in [-0.3, -0.25) is 4.79 Å². The van der Waals surface area contributed by atoms with Crippen LogP contribution in [0.4, 0.5) is 5.69 Å². The molecule has 0 saturated carbocycles. The number of anilines is 1. The normalized spacial score (nSPS) is 10.8. The molecule has 0 aliphatic carbocycles. The number of hydrogen-bond donors (Lipinski definition) is 1. The summed E-state index contributed by atoms with van der Waals surface area (Å²) in [5.41, 5.74) is 2.96. The van der Waals surface area contributed by atoms with Gasteiger partial charge in [-0.2, -0.15) is 0 Å². The highest BCUT2D eigenvalue weighted by Gasteiger charge is 2.14. The van der Waals surface area contributed by atoms with Crippen LogP contribution < -0.4 is 10.1 Å². The van der Waals surface area contributed by atoms with Crippen LogP contribution in [0.2, 0.25) is 0 Å². The van der Waals surface area contributed by atoms with E-state index in [-0.39, 0.29) is 11.7 Å². The Labute approximate surface area is 177 Å². The van der Waals surface area contributed by atoms with Crippen molar-refractivity contribution in [2.75, 3.05) is 17.7 Å². The Bertz CT molecular complexity index is 1110. The molecule has 0 atom stereocenters. The maximum atomic E-state index is 12.4. The number of benzene rings is 2. The molecule has 0 spiro atoms. The zero-order chi connectivity index (χ0) is 20.1. The first-order valence-electron chi connectivity index (χ1n) is 9.17. The fourth-order valence-electron chi connectivity index (χ4n) is 2.92. The van der Waals surface area contributed by atoms with Gasteiger partial charge < -0.3 is 10.1 Å². The summed E-state index contributed by atoms with van der Waals surface area (Å²) in [6.07, 6.45) is 1.56. The van der Waals surface area contributed by atoms with Crippen LogP contribution in [-0.2, 0) is 4.79 Å². The minimum Gasteiger partial charge on any atom is -0.494 e. The molecular weight excluding hydrogens is 402 g/mol. The molecule has 2 aromatic heterocycles. The summed E-state index contributed by atoms with van der Waals surface area (Å²) in [6.45, 7) is 2.55. The van der Waals surface area contributed by atoms with Crippen LogP contribution in [0.1, 0.15) is 6.92 Å². The molecule has 0 bridgehead atoms. The van der Waals surface area contributed by atoms with Crippen molar-refractivity contribution in [1.82, 2.24) is 9.97 Å². The smallest absolute Gasteiger partial charge is 0.234 e. The number of aromatic nitrogens is 2. The molecule has 2 heterocycles. The number of carbonyl (C=O) groups excluding carboxylic acids is 1. The monoisotopic (exact) mass is 421 g/mol. The molecule has 2 aromatic carbocycles. The van der Waals surface area contributed by atoms with Gasteiger partial charge in [0.05, 0.1) is 17.7 Å². The lowest BCUT2D eigenvalue weighted by molar-refractivity contribution is -0.113. The van der Waals surface area contributed by atoms with E-state index in [2.05, 4.69) is 32.8 Å². The van der Waals surface area contributed by atoms with E-state index in [0.717, 1.165) is 37.8 Å². The van der Waals surface area contributed by atoms with E-state index in [0.29, 0.717) is 6.61 Å². The molecule has 0 saturated heterocycles. The zero-order valence-corrected chi connectivity index (χ0v) is 17.4. The van der Waals surface area contributed by atoms with Gasteiger partial charge in [0, 0.05) is 16.6 Å². The lowest BCUT2D eigenvalue weighted by Gasteiger charge is -2.08. The molecule has 0 aliphatic rings. The molecule has 146 valence electrons. The second-order valence-corrected chi connectivity index (χ2v) is 7.99. The number of nitrogens with one attached hydrogen (secondary N) is 1. The van der Waals surface area contributed by atoms with E-state index < -0.39 is 0 Å². The molecule has 0 fully saturated rings. The minimum atomic E-state index is -0.0811. The van der Waals surface area contributed by atoms with Crippen molar-refractivity contribution >= 4 is 44.9 Å². The largest absolute Gasteiger partial charge is 0.494 e. The summed E-state index contributed by atoms with van der Waals surface area (Å²) >= 11 is 3.01. The van der Waals surface area contributed by atoms with E-state index in [9.17, 15) is 4.79 Å². The molecule has 0 radical (unpaired) electrons. The van der Waals surface area contributed by atoms with E-state index in [4.69, 9.17) is 4.74 Å². The third-order valence-electron chi connectivity index (χ3n) is 4.21. The Balaban J connectivity index is 1.48. The molecule has 5 nitrogen and oxygen atoms in total. The van der Waals surface area contributed by atoms with Crippen LogP contribution in [0.5, 0.6) is 5.75 Å². The molecule has 1 N–H and O–H groups in total. The Morgan fingerprint density at radius 1 is 1.10 bits per heavy atom. The van der Waals surface area contributed by atoms with Crippen molar-refractivity contribution in [2.45, 2.75) is 11.9 Å². The van der Waals surface area contributed by atoms with E-state index in [1.54, 1.807) is 17.7 Å². The summed E-state index contributed by atoms with van der Waals surface area (Å²) in [4.78, 5) is 22.2. The van der Waals surface area contributed by atoms with Crippen molar-refractivity contribution < 1.29 is 9.53 Å². The third-order valence-corrected chi connectivity index (χ3v) is 6.09. The fraction of sp³-hybridized carbons (Fsp3) is 0.136. The first-order valence-corrected chi connectivity index (χ1v) is 11.0. The first kappa shape index (κ1) is 19.4. The average Bonchev–Trinajstić information content (AvgIpc) is 3.19. The summed E-state index contributed by atoms with van der Waals surface area (Å²) in [5, 5.41) is 6.83. The molecule has 0 unspecified atom stereocenters. The summed E-state index contributed by atoms with van der Waals surface area (Å²) in [6, 6.07) is 17.5. The summed E-state index contributed by atoms with van der Waals surface area (Å²) in [5.74, 6) is 0.972. The first-order chi connectivity index (χ1) is 14.2. The zero-order valence-electron chi connectivity index (χ0n) is 15.8. The van der Waals surface area contributed by atoms with Gasteiger partial charge in [0.2, 0.25) is 5.91 Å². The Morgan fingerprint density at radius 3 is 2.66 bits per heavy atom. The maximum absolute atomic E-state index is 12.4. The highest BCUT2D eigenvalue weighted by atomic mass is 32.2. The number of nitrogens with zero attached hydrogens (tertiary/aromatic N) is 2. The van der Waals surface area contributed by atoms with Crippen LogP contribution in [0.3, 0.4) is 0 Å². The highest BCUT2D eigenvalue weighted by molar-refractivity contribution is 8.00. The van der Waals surface area contributed by atoms with Gasteiger partial charge >= 0.3 is 0 Å². The minimum absolute atomic E-state index is 0.0811. The Morgan fingerprint density at radius 2 is 1.90 bits per heavy atom. The Hall–Kier alpha value is -2.90.